The van der Waals surface area contributed by atoms with Crippen molar-refractivity contribution in [2.75, 3.05) is 0 Å². The molecule has 1 aliphatic heterocycles. The predicted octanol–water partition coefficient (Wildman–Crippen LogP) is 1.71. The highest BCUT2D eigenvalue weighted by Crippen LogP contribution is 2.31. The normalized spacial score (nSPS) is 34.7. The minimum absolute atomic E-state index is 0.00998. The number of hydrogen-bond acceptors (Lipinski definition) is 1. The second kappa shape index (κ2) is 2.57. The van der Waals surface area contributed by atoms with E-state index >= 15 is 0 Å². The molecule has 0 amide bonds. The molecule has 1 saturated heterocycles. The van der Waals surface area contributed by atoms with Crippen LogP contribution in [0, 0.1) is 5.41 Å². The maximum absolute atomic E-state index is 5.60. The molecule has 2 unspecified atom stereocenters. The van der Waals surface area contributed by atoms with Crippen molar-refractivity contribution in [1.29, 1.82) is 0 Å². The summed E-state index contributed by atoms with van der Waals surface area (Å²) >= 11 is 0. The van der Waals surface area contributed by atoms with E-state index in [-0.39, 0.29) is 11.4 Å². The molecule has 1 aliphatic rings. The molecule has 0 spiro atoms. The van der Waals surface area contributed by atoms with Crippen LogP contribution in [0.15, 0.2) is 0 Å². The smallest absolute Gasteiger partial charge is 0.109 e. The Balaban J connectivity index is 2.45. The van der Waals surface area contributed by atoms with Crippen molar-refractivity contribution in [2.45, 2.75) is 45.7 Å². The molecular formula is C8H15BO. The van der Waals surface area contributed by atoms with Crippen LogP contribution < -0.4 is 0 Å². The van der Waals surface area contributed by atoms with Crippen molar-refractivity contribution < 1.29 is 4.74 Å². The van der Waals surface area contributed by atoms with Crippen LogP contribution in [0.1, 0.15) is 33.6 Å². The summed E-state index contributed by atoms with van der Waals surface area (Å²) in [7, 11) is 5.60. The van der Waals surface area contributed by atoms with Crippen LogP contribution in [0.4, 0.5) is 0 Å². The molecule has 1 heterocycles. The Labute approximate surface area is 64.6 Å². The van der Waals surface area contributed by atoms with Crippen LogP contribution in [0.25, 0.3) is 0 Å². The topological polar surface area (TPSA) is 9.23 Å². The average molecular weight is 138 g/mol. The van der Waals surface area contributed by atoms with Crippen LogP contribution >= 0.6 is 0 Å². The van der Waals surface area contributed by atoms with Gasteiger partial charge in [-0.25, -0.2) is 0 Å². The highest BCUT2D eigenvalue weighted by Gasteiger charge is 2.31. The molecular weight excluding hydrogens is 123 g/mol. The molecule has 2 radical (unpaired) electrons. The number of ether oxygens (including phenoxy) is 1. The highest BCUT2D eigenvalue weighted by atomic mass is 16.5. The van der Waals surface area contributed by atoms with Gasteiger partial charge in [0.05, 0.1) is 6.10 Å². The molecule has 1 rings (SSSR count). The van der Waals surface area contributed by atoms with Gasteiger partial charge in [-0.2, -0.15) is 0 Å². The molecule has 0 saturated carbocycles. The van der Waals surface area contributed by atoms with Crippen LogP contribution in [0.2, 0.25) is 0 Å². The Morgan fingerprint density at radius 1 is 1.30 bits per heavy atom. The first-order chi connectivity index (χ1) is 4.50. The summed E-state index contributed by atoms with van der Waals surface area (Å²) in [5.74, 6) is 0. The Hall–Kier alpha value is 0.0249. The quantitative estimate of drug-likeness (QED) is 0.463. The highest BCUT2D eigenvalue weighted by molar-refractivity contribution is 6.11. The summed E-state index contributed by atoms with van der Waals surface area (Å²) < 4.78 is 5.50. The molecule has 56 valence electrons. The third-order valence-corrected chi connectivity index (χ3v) is 2.02. The van der Waals surface area contributed by atoms with Crippen molar-refractivity contribution in [2.24, 2.45) is 5.41 Å². The Morgan fingerprint density at radius 3 is 2.10 bits per heavy atom. The SMILES string of the molecule is [B]C1CCC(C(C)(C)C)O1. The molecule has 2 atom stereocenters. The zero-order valence-electron chi connectivity index (χ0n) is 7.05. The molecule has 0 aromatic carbocycles. The van der Waals surface area contributed by atoms with Gasteiger partial charge in [0.1, 0.15) is 7.85 Å². The molecule has 0 bridgehead atoms. The van der Waals surface area contributed by atoms with E-state index in [1.165, 1.54) is 0 Å². The summed E-state index contributed by atoms with van der Waals surface area (Å²) in [6, 6.07) is -0.00998. The zero-order valence-corrected chi connectivity index (χ0v) is 7.05. The first-order valence-electron chi connectivity index (χ1n) is 3.91. The monoisotopic (exact) mass is 138 g/mol. The van der Waals surface area contributed by atoms with Crippen molar-refractivity contribution in [3.8, 4) is 0 Å². The van der Waals surface area contributed by atoms with Gasteiger partial charge < -0.3 is 4.74 Å². The molecule has 0 N–H and O–H groups in total. The Bertz CT molecular complexity index is 117. The lowest BCUT2D eigenvalue weighted by Gasteiger charge is -2.26. The average Bonchev–Trinajstić information content (AvgIpc) is 2.11. The largest absolute Gasteiger partial charge is 0.384 e. The third kappa shape index (κ3) is 1.75. The van der Waals surface area contributed by atoms with E-state index in [4.69, 9.17) is 12.6 Å². The van der Waals surface area contributed by atoms with Crippen molar-refractivity contribution in [3.63, 3.8) is 0 Å². The molecule has 0 aromatic rings. The van der Waals surface area contributed by atoms with Gasteiger partial charge in [-0.1, -0.05) is 20.8 Å². The van der Waals surface area contributed by atoms with Crippen LogP contribution in [-0.4, -0.2) is 20.0 Å². The van der Waals surface area contributed by atoms with E-state index < -0.39 is 0 Å². The maximum atomic E-state index is 5.60. The van der Waals surface area contributed by atoms with Crippen molar-refractivity contribution in [1.82, 2.24) is 0 Å². The second-order valence-electron chi connectivity index (χ2n) is 4.11. The van der Waals surface area contributed by atoms with Crippen LogP contribution in [0.3, 0.4) is 0 Å². The van der Waals surface area contributed by atoms with Gasteiger partial charge in [0.25, 0.3) is 0 Å². The maximum Gasteiger partial charge on any atom is 0.109 e. The fourth-order valence-electron chi connectivity index (χ4n) is 1.30. The lowest BCUT2D eigenvalue weighted by molar-refractivity contribution is 0.0137. The fraction of sp³-hybridized carbons (Fsp3) is 1.00. The minimum atomic E-state index is -0.00998. The van der Waals surface area contributed by atoms with Gasteiger partial charge in [0.15, 0.2) is 0 Å². The van der Waals surface area contributed by atoms with Gasteiger partial charge in [-0.05, 0) is 18.3 Å². The zero-order chi connectivity index (χ0) is 7.78. The molecule has 1 fully saturated rings. The summed E-state index contributed by atoms with van der Waals surface area (Å²) in [4.78, 5) is 0. The molecule has 10 heavy (non-hydrogen) atoms. The second-order valence-corrected chi connectivity index (χ2v) is 4.11. The standard InChI is InChI=1S/C8H15BO/c1-8(2,3)6-4-5-7(9)10-6/h6-7H,4-5H2,1-3H3. The summed E-state index contributed by atoms with van der Waals surface area (Å²) in [6.45, 7) is 6.57. The van der Waals surface area contributed by atoms with E-state index in [0.29, 0.717) is 6.10 Å². The van der Waals surface area contributed by atoms with E-state index in [2.05, 4.69) is 20.8 Å². The van der Waals surface area contributed by atoms with Gasteiger partial charge in [0.2, 0.25) is 0 Å². The summed E-state index contributed by atoms with van der Waals surface area (Å²) in [5.41, 5.74) is 0.258. The van der Waals surface area contributed by atoms with Crippen LogP contribution in [0.5, 0.6) is 0 Å². The van der Waals surface area contributed by atoms with Gasteiger partial charge in [-0.15, -0.1) is 0 Å². The lowest BCUT2D eigenvalue weighted by Crippen LogP contribution is -2.26. The van der Waals surface area contributed by atoms with Gasteiger partial charge in [0, 0.05) is 6.00 Å². The Kier molecular flexibility index (Phi) is 2.09. The number of rotatable bonds is 0. The first-order valence-corrected chi connectivity index (χ1v) is 3.91. The van der Waals surface area contributed by atoms with E-state index in [9.17, 15) is 0 Å². The van der Waals surface area contributed by atoms with E-state index in [1.54, 1.807) is 0 Å². The van der Waals surface area contributed by atoms with E-state index in [1.807, 2.05) is 0 Å². The first kappa shape index (κ1) is 8.12. The van der Waals surface area contributed by atoms with Gasteiger partial charge in [-0.3, -0.25) is 0 Å². The molecule has 0 aromatic heterocycles. The summed E-state index contributed by atoms with van der Waals surface area (Å²) in [5, 5.41) is 0. The lowest BCUT2D eigenvalue weighted by atomic mass is 9.87. The van der Waals surface area contributed by atoms with Crippen molar-refractivity contribution >= 4 is 7.85 Å². The molecule has 1 nitrogen and oxygen atoms in total. The molecule has 2 heteroatoms. The third-order valence-electron chi connectivity index (χ3n) is 2.02. The van der Waals surface area contributed by atoms with Crippen molar-refractivity contribution in [3.05, 3.63) is 0 Å². The Morgan fingerprint density at radius 2 is 1.90 bits per heavy atom. The molecule has 0 aliphatic carbocycles. The van der Waals surface area contributed by atoms with E-state index in [0.717, 1.165) is 12.8 Å². The summed E-state index contributed by atoms with van der Waals surface area (Å²) in [6.07, 6.45) is 2.49. The number of hydrogen-bond donors (Lipinski definition) is 0. The predicted molar refractivity (Wildman–Crippen MR) is 43.1 cm³/mol. The van der Waals surface area contributed by atoms with Gasteiger partial charge >= 0.3 is 0 Å². The fourth-order valence-corrected chi connectivity index (χ4v) is 1.30. The minimum Gasteiger partial charge on any atom is -0.384 e. The van der Waals surface area contributed by atoms with Crippen LogP contribution in [-0.2, 0) is 4.74 Å².